The minimum atomic E-state index is -0.591. The van der Waals surface area contributed by atoms with Crippen LogP contribution in [0, 0.1) is 10.1 Å². The van der Waals surface area contributed by atoms with E-state index < -0.39 is 10.8 Å². The first-order chi connectivity index (χ1) is 12.5. The fraction of sp³-hybridized carbons (Fsp3) is 0.316. The molecule has 0 bridgehead atoms. The summed E-state index contributed by atoms with van der Waals surface area (Å²) in [5.41, 5.74) is 2.53. The van der Waals surface area contributed by atoms with Gasteiger partial charge in [0.2, 0.25) is 0 Å². The predicted molar refractivity (Wildman–Crippen MR) is 100 cm³/mol. The van der Waals surface area contributed by atoms with Gasteiger partial charge in [-0.25, -0.2) is 0 Å². The van der Waals surface area contributed by atoms with Crippen LogP contribution in [0.15, 0.2) is 42.5 Å². The highest BCUT2D eigenvalue weighted by Gasteiger charge is 2.20. The van der Waals surface area contributed by atoms with Crippen LogP contribution in [-0.4, -0.2) is 35.4 Å². The van der Waals surface area contributed by atoms with E-state index in [0.717, 1.165) is 32.5 Å². The molecule has 0 unspecified atom stereocenters. The van der Waals surface area contributed by atoms with Crippen LogP contribution < -0.4 is 5.32 Å². The first-order valence-corrected chi connectivity index (χ1v) is 8.93. The number of hydrogen-bond donors (Lipinski definition) is 1. The number of nitro groups is 1. The quantitative estimate of drug-likeness (QED) is 0.478. The second-order valence-corrected chi connectivity index (χ2v) is 6.76. The van der Waals surface area contributed by atoms with Crippen molar-refractivity contribution in [2.75, 3.05) is 19.6 Å². The molecule has 2 aromatic carbocycles. The molecule has 0 aromatic heterocycles. The zero-order chi connectivity index (χ0) is 18.5. The molecule has 1 N–H and O–H groups in total. The average molecular weight is 374 g/mol. The summed E-state index contributed by atoms with van der Waals surface area (Å²) in [6, 6.07) is 12.5. The Bertz CT molecular complexity index is 825. The zero-order valence-corrected chi connectivity index (χ0v) is 15.0. The van der Waals surface area contributed by atoms with Gasteiger partial charge in [0.1, 0.15) is 5.56 Å². The van der Waals surface area contributed by atoms with E-state index in [1.54, 1.807) is 0 Å². The molecule has 1 aliphatic rings. The summed E-state index contributed by atoms with van der Waals surface area (Å²) in [5.74, 6) is -0.447. The lowest BCUT2D eigenvalue weighted by Crippen LogP contribution is -2.33. The Morgan fingerprint density at radius 1 is 1.23 bits per heavy atom. The van der Waals surface area contributed by atoms with Gasteiger partial charge in [-0.1, -0.05) is 35.9 Å². The summed E-state index contributed by atoms with van der Waals surface area (Å²) < 4.78 is 0. The topological polar surface area (TPSA) is 75.5 Å². The molecule has 0 saturated heterocycles. The third-order valence-corrected chi connectivity index (χ3v) is 4.78. The first-order valence-electron chi connectivity index (χ1n) is 8.56. The maximum absolute atomic E-state index is 12.2. The number of benzene rings is 2. The maximum atomic E-state index is 12.2. The second kappa shape index (κ2) is 8.29. The van der Waals surface area contributed by atoms with Gasteiger partial charge in [0.25, 0.3) is 11.6 Å². The molecule has 1 heterocycles. The largest absolute Gasteiger partial charge is 0.352 e. The molecule has 0 aliphatic carbocycles. The van der Waals surface area contributed by atoms with Gasteiger partial charge in [-0.15, -0.1) is 0 Å². The third kappa shape index (κ3) is 4.39. The molecule has 0 radical (unpaired) electrons. The van der Waals surface area contributed by atoms with Crippen molar-refractivity contribution in [3.05, 3.63) is 74.3 Å². The van der Waals surface area contributed by atoms with Gasteiger partial charge in [-0.3, -0.25) is 19.8 Å². The lowest BCUT2D eigenvalue weighted by atomic mass is 10.00. The predicted octanol–water partition coefficient (Wildman–Crippen LogP) is 3.43. The summed E-state index contributed by atoms with van der Waals surface area (Å²) in [7, 11) is 0. The van der Waals surface area contributed by atoms with Gasteiger partial charge in [0, 0.05) is 37.3 Å². The Morgan fingerprint density at radius 3 is 2.77 bits per heavy atom. The molecule has 6 nitrogen and oxygen atoms in total. The van der Waals surface area contributed by atoms with Gasteiger partial charge in [-0.2, -0.15) is 0 Å². The number of hydrogen-bond acceptors (Lipinski definition) is 4. The van der Waals surface area contributed by atoms with Crippen molar-refractivity contribution >= 4 is 23.2 Å². The highest BCUT2D eigenvalue weighted by Crippen LogP contribution is 2.23. The number of rotatable bonds is 6. The second-order valence-electron chi connectivity index (χ2n) is 6.32. The van der Waals surface area contributed by atoms with E-state index >= 15 is 0 Å². The standard InChI is InChI=1S/C19H20ClN3O3/c20-16-6-7-17(18(12-16)23(25)26)19(24)21-9-3-10-22-11-8-14-4-1-2-5-15(14)13-22/h1-2,4-7,12H,3,8-11,13H2,(H,21,24). The number of nitrogens with zero attached hydrogens (tertiary/aromatic N) is 2. The van der Waals surface area contributed by atoms with Crippen molar-refractivity contribution in [1.82, 2.24) is 10.2 Å². The van der Waals surface area contributed by atoms with Gasteiger partial charge < -0.3 is 5.32 Å². The van der Waals surface area contributed by atoms with E-state index in [0.29, 0.717) is 6.54 Å². The summed E-state index contributed by atoms with van der Waals surface area (Å²) >= 11 is 5.77. The summed E-state index contributed by atoms with van der Waals surface area (Å²) in [4.78, 5) is 25.1. The summed E-state index contributed by atoms with van der Waals surface area (Å²) in [6.45, 7) is 3.27. The molecule has 0 fully saturated rings. The van der Waals surface area contributed by atoms with Crippen LogP contribution in [0.3, 0.4) is 0 Å². The molecule has 1 aliphatic heterocycles. The van der Waals surface area contributed by atoms with Gasteiger partial charge in [0.05, 0.1) is 4.92 Å². The molecular weight excluding hydrogens is 354 g/mol. The van der Waals surface area contributed by atoms with Crippen molar-refractivity contribution in [2.45, 2.75) is 19.4 Å². The van der Waals surface area contributed by atoms with Crippen LogP contribution in [0.1, 0.15) is 27.9 Å². The highest BCUT2D eigenvalue weighted by molar-refractivity contribution is 6.31. The SMILES string of the molecule is O=C(NCCCN1CCc2ccccc2C1)c1ccc(Cl)cc1[N+](=O)[O-]. The molecule has 0 atom stereocenters. The number of fused-ring (bicyclic) bond motifs is 1. The number of carbonyl (C=O) groups is 1. The van der Waals surface area contributed by atoms with Crippen molar-refractivity contribution < 1.29 is 9.72 Å². The molecule has 7 heteroatoms. The first kappa shape index (κ1) is 18.4. The van der Waals surface area contributed by atoms with E-state index in [4.69, 9.17) is 11.6 Å². The molecular formula is C19H20ClN3O3. The molecule has 1 amide bonds. The Balaban J connectivity index is 1.49. The van der Waals surface area contributed by atoms with Crippen molar-refractivity contribution in [2.24, 2.45) is 0 Å². The fourth-order valence-corrected chi connectivity index (χ4v) is 3.36. The van der Waals surface area contributed by atoms with E-state index in [1.807, 2.05) is 0 Å². The molecule has 0 saturated carbocycles. The molecule has 136 valence electrons. The number of nitro benzene ring substituents is 1. The smallest absolute Gasteiger partial charge is 0.283 e. The monoisotopic (exact) mass is 373 g/mol. The summed E-state index contributed by atoms with van der Waals surface area (Å²) in [5, 5.41) is 14.1. The van der Waals surface area contributed by atoms with E-state index in [-0.39, 0.29) is 16.3 Å². The molecule has 26 heavy (non-hydrogen) atoms. The molecule has 2 aromatic rings. The van der Waals surface area contributed by atoms with Crippen LogP contribution in [0.2, 0.25) is 5.02 Å². The van der Waals surface area contributed by atoms with Crippen molar-refractivity contribution in [1.29, 1.82) is 0 Å². The van der Waals surface area contributed by atoms with Crippen LogP contribution in [0.5, 0.6) is 0 Å². The molecule has 3 rings (SSSR count). The highest BCUT2D eigenvalue weighted by atomic mass is 35.5. The van der Waals surface area contributed by atoms with E-state index in [9.17, 15) is 14.9 Å². The van der Waals surface area contributed by atoms with Crippen molar-refractivity contribution in [3.63, 3.8) is 0 Å². The Morgan fingerprint density at radius 2 is 2.00 bits per heavy atom. The van der Waals surface area contributed by atoms with Crippen molar-refractivity contribution in [3.8, 4) is 0 Å². The average Bonchev–Trinajstić information content (AvgIpc) is 2.64. The number of amides is 1. The fourth-order valence-electron chi connectivity index (χ4n) is 3.19. The van der Waals surface area contributed by atoms with Gasteiger partial charge in [0.15, 0.2) is 0 Å². The van der Waals surface area contributed by atoms with Crippen LogP contribution in [0.25, 0.3) is 0 Å². The Hall–Kier alpha value is -2.44. The normalized spacial score (nSPS) is 13.9. The Kier molecular flexibility index (Phi) is 5.85. The van der Waals surface area contributed by atoms with Crippen LogP contribution in [-0.2, 0) is 13.0 Å². The maximum Gasteiger partial charge on any atom is 0.283 e. The lowest BCUT2D eigenvalue weighted by molar-refractivity contribution is -0.385. The van der Waals surface area contributed by atoms with E-state index in [1.165, 1.54) is 29.3 Å². The lowest BCUT2D eigenvalue weighted by Gasteiger charge is -2.28. The van der Waals surface area contributed by atoms with E-state index in [2.05, 4.69) is 34.5 Å². The minimum Gasteiger partial charge on any atom is -0.352 e. The number of halogens is 1. The van der Waals surface area contributed by atoms with Crippen LogP contribution >= 0.6 is 11.6 Å². The minimum absolute atomic E-state index is 0.0336. The Labute approximate surface area is 156 Å². The number of carbonyl (C=O) groups excluding carboxylic acids is 1. The number of nitrogens with one attached hydrogen (secondary N) is 1. The third-order valence-electron chi connectivity index (χ3n) is 4.55. The van der Waals surface area contributed by atoms with Gasteiger partial charge in [-0.05, 0) is 36.1 Å². The van der Waals surface area contributed by atoms with Crippen LogP contribution in [0.4, 0.5) is 5.69 Å². The summed E-state index contributed by atoms with van der Waals surface area (Å²) in [6.07, 6.45) is 1.83. The zero-order valence-electron chi connectivity index (χ0n) is 14.3. The van der Waals surface area contributed by atoms with Gasteiger partial charge >= 0.3 is 0 Å². The molecule has 0 spiro atoms.